The lowest BCUT2D eigenvalue weighted by atomic mass is 10.6. The summed E-state index contributed by atoms with van der Waals surface area (Å²) in [6.45, 7) is 3.20. The number of nitrogens with zero attached hydrogens (tertiary/aromatic N) is 1. The summed E-state index contributed by atoms with van der Waals surface area (Å²) >= 11 is 7.57. The van der Waals surface area contributed by atoms with E-state index in [1.165, 1.54) is 6.54 Å². The summed E-state index contributed by atoms with van der Waals surface area (Å²) in [7, 11) is 6.58. The molecule has 0 aromatic rings. The first-order valence-electron chi connectivity index (χ1n) is 3.48. The zero-order chi connectivity index (χ0) is 8.20. The van der Waals surface area contributed by atoms with Crippen LogP contribution in [-0.2, 0) is 0 Å². The van der Waals surface area contributed by atoms with E-state index in [1.54, 1.807) is 0 Å². The van der Waals surface area contributed by atoms with Crippen LogP contribution in [-0.4, -0.2) is 42.6 Å². The molecule has 10 heavy (non-hydrogen) atoms. The lowest BCUT2D eigenvalue weighted by Crippen LogP contribution is -2.36. The standard InChI is InChI=1S/C7H17ClNS/c1-7(8)10-6-5-9(2,3)4/h7H,5-6H2,1-4H3/q+1. The quantitative estimate of drug-likeness (QED) is 0.474. The zero-order valence-corrected chi connectivity index (χ0v) is 8.80. The van der Waals surface area contributed by atoms with E-state index in [4.69, 9.17) is 11.6 Å². The van der Waals surface area contributed by atoms with Crippen LogP contribution in [0, 0.1) is 0 Å². The number of thioether (sulfide) groups is 1. The Labute approximate surface area is 73.3 Å². The molecule has 0 amide bonds. The van der Waals surface area contributed by atoms with Crippen LogP contribution in [0.1, 0.15) is 6.92 Å². The van der Waals surface area contributed by atoms with Gasteiger partial charge in [-0.15, -0.1) is 23.4 Å². The van der Waals surface area contributed by atoms with E-state index in [-0.39, 0.29) is 4.71 Å². The third kappa shape index (κ3) is 8.60. The Morgan fingerprint density at radius 1 is 1.40 bits per heavy atom. The van der Waals surface area contributed by atoms with E-state index in [9.17, 15) is 0 Å². The molecule has 0 aromatic carbocycles. The number of rotatable bonds is 4. The number of quaternary nitrogens is 1. The minimum absolute atomic E-state index is 0.256. The van der Waals surface area contributed by atoms with E-state index in [0.29, 0.717) is 0 Å². The van der Waals surface area contributed by atoms with Gasteiger partial charge in [0.2, 0.25) is 0 Å². The fourth-order valence-electron chi connectivity index (χ4n) is 0.489. The topological polar surface area (TPSA) is 0 Å². The molecular formula is C7H17ClNS+. The van der Waals surface area contributed by atoms with E-state index < -0.39 is 0 Å². The molecular weight excluding hydrogens is 166 g/mol. The molecule has 3 heteroatoms. The lowest BCUT2D eigenvalue weighted by molar-refractivity contribution is -0.867. The molecule has 0 fully saturated rings. The van der Waals surface area contributed by atoms with Crippen molar-refractivity contribution in [1.82, 2.24) is 0 Å². The maximum Gasteiger partial charge on any atom is 0.0872 e. The number of hydrogen-bond acceptors (Lipinski definition) is 1. The molecule has 0 aliphatic heterocycles. The molecule has 1 nitrogen and oxygen atoms in total. The maximum absolute atomic E-state index is 5.76. The van der Waals surface area contributed by atoms with Crippen LogP contribution in [0.4, 0.5) is 0 Å². The van der Waals surface area contributed by atoms with Crippen LogP contribution in [0.15, 0.2) is 0 Å². The Hall–Kier alpha value is 0.600. The molecule has 1 unspecified atom stereocenters. The Kier molecular flexibility index (Phi) is 4.74. The van der Waals surface area contributed by atoms with Crippen molar-refractivity contribution in [3.8, 4) is 0 Å². The Balaban J connectivity index is 3.21. The van der Waals surface area contributed by atoms with Crippen LogP contribution in [0.2, 0.25) is 0 Å². The minimum Gasteiger partial charge on any atom is -0.330 e. The SMILES string of the molecule is CC(Cl)SCC[N+](C)(C)C. The summed E-state index contributed by atoms with van der Waals surface area (Å²) in [6.07, 6.45) is 0. The summed E-state index contributed by atoms with van der Waals surface area (Å²) in [5.74, 6) is 1.15. The molecule has 0 bridgehead atoms. The fraction of sp³-hybridized carbons (Fsp3) is 1.00. The van der Waals surface area contributed by atoms with Crippen LogP contribution in [0.3, 0.4) is 0 Å². The molecule has 0 saturated heterocycles. The van der Waals surface area contributed by atoms with Gasteiger partial charge in [0, 0.05) is 5.75 Å². The summed E-state index contributed by atoms with van der Waals surface area (Å²) in [6, 6.07) is 0. The summed E-state index contributed by atoms with van der Waals surface area (Å²) < 4.78 is 1.28. The van der Waals surface area contributed by atoms with Crippen molar-refractivity contribution in [2.75, 3.05) is 33.4 Å². The predicted molar refractivity (Wildman–Crippen MR) is 50.7 cm³/mol. The van der Waals surface area contributed by atoms with Crippen LogP contribution in [0.5, 0.6) is 0 Å². The van der Waals surface area contributed by atoms with Gasteiger partial charge < -0.3 is 4.48 Å². The third-order valence-electron chi connectivity index (χ3n) is 1.11. The van der Waals surface area contributed by atoms with Gasteiger partial charge in [-0.1, -0.05) is 0 Å². The van der Waals surface area contributed by atoms with Crippen molar-refractivity contribution in [3.05, 3.63) is 0 Å². The average Bonchev–Trinajstić information content (AvgIpc) is 1.59. The Morgan fingerprint density at radius 2 is 1.90 bits per heavy atom. The van der Waals surface area contributed by atoms with E-state index in [2.05, 4.69) is 21.1 Å². The Bertz CT molecular complexity index is 88.1. The molecule has 0 rings (SSSR count). The van der Waals surface area contributed by atoms with Gasteiger partial charge in [-0.25, -0.2) is 0 Å². The van der Waals surface area contributed by atoms with Gasteiger partial charge in [-0.3, -0.25) is 0 Å². The van der Waals surface area contributed by atoms with E-state index in [1.807, 2.05) is 18.7 Å². The normalized spacial score (nSPS) is 15.3. The van der Waals surface area contributed by atoms with Gasteiger partial charge in [-0.05, 0) is 6.92 Å². The molecule has 62 valence electrons. The average molecular weight is 183 g/mol. The van der Waals surface area contributed by atoms with Gasteiger partial charge in [0.25, 0.3) is 0 Å². The first kappa shape index (κ1) is 10.6. The summed E-state index contributed by atoms with van der Waals surface area (Å²) in [5, 5.41) is 0. The smallest absolute Gasteiger partial charge is 0.0872 e. The monoisotopic (exact) mass is 182 g/mol. The molecule has 0 spiro atoms. The Morgan fingerprint density at radius 3 is 2.20 bits per heavy atom. The first-order valence-corrected chi connectivity index (χ1v) is 4.96. The molecule has 0 aromatic heterocycles. The predicted octanol–water partition coefficient (Wildman–Crippen LogP) is 2.01. The largest absolute Gasteiger partial charge is 0.330 e. The van der Waals surface area contributed by atoms with Crippen molar-refractivity contribution < 1.29 is 4.48 Å². The molecule has 0 N–H and O–H groups in total. The van der Waals surface area contributed by atoms with Gasteiger partial charge in [0.05, 0.1) is 32.4 Å². The summed E-state index contributed by atoms with van der Waals surface area (Å²) in [5.41, 5.74) is 0. The van der Waals surface area contributed by atoms with Crippen LogP contribution in [0.25, 0.3) is 0 Å². The van der Waals surface area contributed by atoms with Gasteiger partial charge in [-0.2, -0.15) is 0 Å². The molecule has 0 radical (unpaired) electrons. The maximum atomic E-state index is 5.76. The van der Waals surface area contributed by atoms with Crippen molar-refractivity contribution in [2.24, 2.45) is 0 Å². The van der Waals surface area contributed by atoms with Crippen molar-refractivity contribution in [1.29, 1.82) is 0 Å². The molecule has 1 atom stereocenters. The van der Waals surface area contributed by atoms with E-state index >= 15 is 0 Å². The van der Waals surface area contributed by atoms with Gasteiger partial charge in [0.1, 0.15) is 0 Å². The second-order valence-electron chi connectivity index (χ2n) is 3.43. The molecule has 0 aliphatic carbocycles. The number of halogens is 1. The second kappa shape index (κ2) is 4.47. The first-order chi connectivity index (χ1) is 4.42. The van der Waals surface area contributed by atoms with Crippen LogP contribution < -0.4 is 0 Å². The highest BCUT2D eigenvalue weighted by Gasteiger charge is 2.06. The molecule has 0 saturated carbocycles. The minimum atomic E-state index is 0.256. The van der Waals surface area contributed by atoms with Crippen molar-refractivity contribution >= 4 is 23.4 Å². The highest BCUT2D eigenvalue weighted by Crippen LogP contribution is 2.13. The third-order valence-corrected chi connectivity index (χ3v) is 2.37. The number of alkyl halides is 1. The van der Waals surface area contributed by atoms with Crippen molar-refractivity contribution in [3.63, 3.8) is 0 Å². The van der Waals surface area contributed by atoms with Gasteiger partial charge >= 0.3 is 0 Å². The fourth-order valence-corrected chi connectivity index (χ4v) is 1.73. The van der Waals surface area contributed by atoms with E-state index in [0.717, 1.165) is 10.2 Å². The lowest BCUT2D eigenvalue weighted by Gasteiger charge is -2.23. The highest BCUT2D eigenvalue weighted by atomic mass is 35.5. The second-order valence-corrected chi connectivity index (χ2v) is 5.79. The highest BCUT2D eigenvalue weighted by molar-refractivity contribution is 8.01. The molecule has 0 heterocycles. The van der Waals surface area contributed by atoms with Crippen LogP contribution >= 0.6 is 23.4 Å². The summed E-state index contributed by atoms with van der Waals surface area (Å²) in [4.78, 5) is 0. The number of hydrogen-bond donors (Lipinski definition) is 0. The zero-order valence-electron chi connectivity index (χ0n) is 7.22. The molecule has 0 aliphatic rings. The van der Waals surface area contributed by atoms with Crippen molar-refractivity contribution in [2.45, 2.75) is 11.6 Å². The van der Waals surface area contributed by atoms with Gasteiger partial charge in [0.15, 0.2) is 0 Å².